The number of likely N-dealkylation sites (tertiary alicyclic amines) is 1. The van der Waals surface area contributed by atoms with Gasteiger partial charge >= 0.3 is 5.97 Å². The Kier molecular flexibility index (Phi) is 9.47. The number of ether oxygens (including phenoxy) is 1. The molecular formula is C29H33F4N3O4. The van der Waals surface area contributed by atoms with Gasteiger partial charge in [-0.2, -0.15) is 0 Å². The third-order valence-corrected chi connectivity index (χ3v) is 7.79. The van der Waals surface area contributed by atoms with Crippen molar-refractivity contribution < 1.29 is 37.3 Å². The Hall–Kier alpha value is -3.44. The van der Waals surface area contributed by atoms with E-state index in [0.29, 0.717) is 78.8 Å². The van der Waals surface area contributed by atoms with Gasteiger partial charge in [0.2, 0.25) is 0 Å². The molecule has 3 aromatic rings. The van der Waals surface area contributed by atoms with Crippen molar-refractivity contribution in [3.8, 4) is 5.75 Å². The number of alkyl halides is 1. The minimum absolute atomic E-state index is 0.0707. The minimum atomic E-state index is -1.45. The lowest BCUT2D eigenvalue weighted by Crippen LogP contribution is -2.43. The Bertz CT molecular complexity index is 1320. The lowest BCUT2D eigenvalue weighted by Gasteiger charge is -2.41. The number of nitrogens with zero attached hydrogens (tertiary/aromatic N) is 2. The third-order valence-electron chi connectivity index (χ3n) is 7.79. The first-order chi connectivity index (χ1) is 19.1. The second-order valence-electron chi connectivity index (χ2n) is 10.3. The summed E-state index contributed by atoms with van der Waals surface area (Å²) in [5.74, 6) is -3.44. The summed E-state index contributed by atoms with van der Waals surface area (Å²) in [7, 11) is 1.51. The number of anilines is 1. The molecule has 0 aliphatic carbocycles. The van der Waals surface area contributed by atoms with Crippen molar-refractivity contribution in [1.29, 1.82) is 0 Å². The van der Waals surface area contributed by atoms with Crippen molar-refractivity contribution in [2.75, 3.05) is 38.6 Å². The Morgan fingerprint density at radius 1 is 1.18 bits per heavy atom. The molecule has 1 atom stereocenters. The number of aliphatic hydroxyl groups is 1. The molecule has 1 aromatic heterocycles. The van der Waals surface area contributed by atoms with Crippen LogP contribution in [-0.4, -0.2) is 59.4 Å². The van der Waals surface area contributed by atoms with E-state index in [-0.39, 0.29) is 26.0 Å². The zero-order valence-corrected chi connectivity index (χ0v) is 22.2. The highest BCUT2D eigenvalue weighted by Crippen LogP contribution is 2.43. The van der Waals surface area contributed by atoms with Gasteiger partial charge in [0.1, 0.15) is 23.4 Å². The predicted molar refractivity (Wildman–Crippen MR) is 142 cm³/mol. The van der Waals surface area contributed by atoms with Crippen molar-refractivity contribution in [1.82, 2.24) is 9.88 Å². The maximum absolute atomic E-state index is 15.9. The fraction of sp³-hybridized carbons (Fsp3) is 0.448. The number of carboxylic acid groups (broad SMARTS) is 1. The van der Waals surface area contributed by atoms with Gasteiger partial charge in [0.15, 0.2) is 11.6 Å². The standard InChI is InChI=1S/C29H33F4N3O4/c1-40-20-2-3-25-21(14-20)27(18(17-37)16-35-25)22(31)4-5-29(15-26(38)39)6-9-36(10-7-29)11-8-34-28-23(32)12-19(30)13-24(28)33/h2-3,12-14,16,22,34,37H,4-11,15,17H2,1H3,(H,38,39). The topological polar surface area (TPSA) is 94.9 Å². The number of rotatable bonds is 12. The normalized spacial score (nSPS) is 16.1. The van der Waals surface area contributed by atoms with E-state index in [0.717, 1.165) is 0 Å². The molecule has 216 valence electrons. The van der Waals surface area contributed by atoms with Crippen LogP contribution >= 0.6 is 0 Å². The lowest BCUT2D eigenvalue weighted by atomic mass is 9.71. The van der Waals surface area contributed by atoms with Gasteiger partial charge < -0.3 is 25.2 Å². The summed E-state index contributed by atoms with van der Waals surface area (Å²) in [4.78, 5) is 18.1. The van der Waals surface area contributed by atoms with E-state index in [1.54, 1.807) is 18.2 Å². The van der Waals surface area contributed by atoms with Crippen LogP contribution in [0.5, 0.6) is 5.75 Å². The number of benzene rings is 2. The number of carboxylic acids is 1. The number of hydrogen-bond acceptors (Lipinski definition) is 6. The van der Waals surface area contributed by atoms with E-state index in [1.807, 2.05) is 4.90 Å². The van der Waals surface area contributed by atoms with Gasteiger partial charge in [-0.15, -0.1) is 0 Å². The van der Waals surface area contributed by atoms with E-state index in [2.05, 4.69) is 10.3 Å². The van der Waals surface area contributed by atoms with Gasteiger partial charge in [0.25, 0.3) is 0 Å². The highest BCUT2D eigenvalue weighted by Gasteiger charge is 2.37. The van der Waals surface area contributed by atoms with Crippen LogP contribution in [0.1, 0.15) is 49.4 Å². The molecule has 1 unspecified atom stereocenters. The van der Waals surface area contributed by atoms with Crippen LogP contribution in [0.25, 0.3) is 10.9 Å². The highest BCUT2D eigenvalue weighted by molar-refractivity contribution is 5.85. The van der Waals surface area contributed by atoms with Gasteiger partial charge in [-0.1, -0.05) is 0 Å². The summed E-state index contributed by atoms with van der Waals surface area (Å²) in [6, 6.07) is 6.36. The first-order valence-corrected chi connectivity index (χ1v) is 13.2. The molecule has 1 saturated heterocycles. The maximum Gasteiger partial charge on any atom is 0.303 e. The lowest BCUT2D eigenvalue weighted by molar-refractivity contribution is -0.141. The van der Waals surface area contributed by atoms with E-state index < -0.39 is 40.7 Å². The molecule has 11 heteroatoms. The van der Waals surface area contributed by atoms with Gasteiger partial charge in [-0.3, -0.25) is 9.78 Å². The molecule has 0 spiro atoms. The molecule has 0 saturated carbocycles. The molecule has 1 aliphatic rings. The largest absolute Gasteiger partial charge is 0.497 e. The number of aliphatic carboxylic acids is 1. The van der Waals surface area contributed by atoms with Gasteiger partial charge in [-0.25, -0.2) is 17.6 Å². The summed E-state index contributed by atoms with van der Waals surface area (Å²) >= 11 is 0. The summed E-state index contributed by atoms with van der Waals surface area (Å²) in [5, 5.41) is 22.7. The molecule has 1 fully saturated rings. The molecule has 40 heavy (non-hydrogen) atoms. The van der Waals surface area contributed by atoms with Crippen LogP contribution in [0.15, 0.2) is 36.5 Å². The van der Waals surface area contributed by atoms with E-state index in [9.17, 15) is 28.2 Å². The molecule has 3 N–H and O–H groups in total. The van der Waals surface area contributed by atoms with Gasteiger partial charge in [-0.05, 0) is 62.4 Å². The minimum Gasteiger partial charge on any atom is -0.497 e. The Morgan fingerprint density at radius 3 is 2.50 bits per heavy atom. The molecular weight excluding hydrogens is 530 g/mol. The molecule has 2 aromatic carbocycles. The average molecular weight is 564 g/mol. The number of fused-ring (bicyclic) bond motifs is 1. The van der Waals surface area contributed by atoms with Crippen molar-refractivity contribution in [2.24, 2.45) is 5.41 Å². The number of halogens is 4. The van der Waals surface area contributed by atoms with Crippen molar-refractivity contribution >= 4 is 22.6 Å². The molecule has 0 radical (unpaired) electrons. The SMILES string of the molecule is COc1ccc2ncc(CO)c(C(F)CCC3(CC(=O)O)CCN(CCNc4c(F)cc(F)cc4F)CC3)c2c1. The van der Waals surface area contributed by atoms with E-state index in [1.165, 1.54) is 13.3 Å². The van der Waals surface area contributed by atoms with Crippen LogP contribution in [0.2, 0.25) is 0 Å². The van der Waals surface area contributed by atoms with E-state index in [4.69, 9.17) is 4.74 Å². The number of methoxy groups -OCH3 is 1. The monoisotopic (exact) mass is 563 g/mol. The zero-order valence-electron chi connectivity index (χ0n) is 22.2. The number of pyridine rings is 1. The fourth-order valence-corrected chi connectivity index (χ4v) is 5.57. The average Bonchev–Trinajstić information content (AvgIpc) is 2.92. The van der Waals surface area contributed by atoms with Gasteiger partial charge in [0, 0.05) is 47.9 Å². The second-order valence-corrected chi connectivity index (χ2v) is 10.3. The van der Waals surface area contributed by atoms with Crippen molar-refractivity contribution in [3.63, 3.8) is 0 Å². The van der Waals surface area contributed by atoms with E-state index >= 15 is 4.39 Å². The van der Waals surface area contributed by atoms with Gasteiger partial charge in [0.05, 0.1) is 25.7 Å². The number of nitrogens with one attached hydrogen (secondary N) is 1. The second kappa shape index (κ2) is 12.8. The van der Waals surface area contributed by atoms with Crippen LogP contribution < -0.4 is 10.1 Å². The fourth-order valence-electron chi connectivity index (χ4n) is 5.57. The number of aliphatic hydroxyl groups excluding tert-OH is 1. The highest BCUT2D eigenvalue weighted by atomic mass is 19.1. The molecule has 4 rings (SSSR count). The number of aromatic nitrogens is 1. The van der Waals surface area contributed by atoms with Crippen molar-refractivity contribution in [3.05, 3.63) is 65.1 Å². The van der Waals surface area contributed by atoms with Crippen LogP contribution in [0, 0.1) is 22.9 Å². The first-order valence-electron chi connectivity index (χ1n) is 13.2. The number of piperidine rings is 1. The van der Waals surface area contributed by atoms with Crippen LogP contribution in [0.3, 0.4) is 0 Å². The van der Waals surface area contributed by atoms with Crippen molar-refractivity contribution in [2.45, 2.75) is 44.9 Å². The quantitative estimate of drug-likeness (QED) is 0.247. The Balaban J connectivity index is 1.41. The third kappa shape index (κ3) is 6.82. The Morgan fingerprint density at radius 2 is 1.88 bits per heavy atom. The summed E-state index contributed by atoms with van der Waals surface area (Å²) < 4.78 is 62.0. The molecule has 2 heterocycles. The molecule has 0 bridgehead atoms. The summed E-state index contributed by atoms with van der Waals surface area (Å²) in [5.41, 5.74) is 0.265. The molecule has 0 amide bonds. The number of hydrogen-bond donors (Lipinski definition) is 3. The Labute approximate surface area is 229 Å². The maximum atomic E-state index is 15.9. The van der Waals surface area contributed by atoms with Crippen LogP contribution in [-0.2, 0) is 11.4 Å². The summed E-state index contributed by atoms with van der Waals surface area (Å²) in [6.07, 6.45) is 1.34. The summed E-state index contributed by atoms with van der Waals surface area (Å²) in [6.45, 7) is 1.34. The predicted octanol–water partition coefficient (Wildman–Crippen LogP) is 5.61. The smallest absolute Gasteiger partial charge is 0.303 e. The molecule has 7 nitrogen and oxygen atoms in total. The number of carbonyl (C=O) groups is 1. The molecule has 1 aliphatic heterocycles. The zero-order chi connectivity index (χ0) is 28.9. The van der Waals surface area contributed by atoms with Crippen LogP contribution in [0.4, 0.5) is 23.2 Å². The first kappa shape index (κ1) is 29.5.